The van der Waals surface area contributed by atoms with Crippen LogP contribution >= 0.6 is 0 Å². The number of piperidine rings is 1. The van der Waals surface area contributed by atoms with Crippen LogP contribution in [0.5, 0.6) is 0 Å². The quantitative estimate of drug-likeness (QED) is 0.775. The van der Waals surface area contributed by atoms with Crippen molar-refractivity contribution in [2.75, 3.05) is 23.3 Å². The Morgan fingerprint density at radius 3 is 2.54 bits per heavy atom. The van der Waals surface area contributed by atoms with Crippen LogP contribution in [0.25, 0.3) is 11.0 Å². The van der Waals surface area contributed by atoms with Crippen LogP contribution < -0.4 is 15.8 Å². The summed E-state index contributed by atoms with van der Waals surface area (Å²) in [5, 5.41) is 4.11. The molecular weight excluding hydrogens is 302 g/mol. The lowest BCUT2D eigenvalue weighted by Crippen LogP contribution is -2.30. The van der Waals surface area contributed by atoms with E-state index in [2.05, 4.69) is 20.2 Å². The molecule has 1 aromatic carbocycles. The van der Waals surface area contributed by atoms with Gasteiger partial charge in [-0.2, -0.15) is 9.97 Å². The highest BCUT2D eigenvalue weighted by molar-refractivity contribution is 5.88. The molecule has 6 nitrogen and oxygen atoms in total. The highest BCUT2D eigenvalue weighted by Gasteiger charge is 2.17. The van der Waals surface area contributed by atoms with Crippen LogP contribution in [-0.4, -0.2) is 28.0 Å². The third-order valence-corrected chi connectivity index (χ3v) is 4.25. The van der Waals surface area contributed by atoms with Crippen LogP contribution in [0.2, 0.25) is 0 Å². The molecule has 1 saturated heterocycles. The molecule has 0 spiro atoms. The van der Waals surface area contributed by atoms with Gasteiger partial charge < -0.3 is 15.2 Å². The van der Waals surface area contributed by atoms with Crippen LogP contribution in [0, 0.1) is 0 Å². The highest BCUT2D eigenvalue weighted by Crippen LogP contribution is 2.27. The minimum atomic E-state index is -0.156. The van der Waals surface area contributed by atoms with E-state index in [4.69, 9.17) is 4.98 Å². The van der Waals surface area contributed by atoms with E-state index in [9.17, 15) is 4.79 Å². The van der Waals surface area contributed by atoms with Crippen molar-refractivity contribution in [3.05, 3.63) is 52.8 Å². The molecule has 1 aliphatic rings. The van der Waals surface area contributed by atoms with Gasteiger partial charge in [-0.15, -0.1) is 0 Å². The minimum absolute atomic E-state index is 0.156. The predicted octanol–water partition coefficient (Wildman–Crippen LogP) is 3.05. The summed E-state index contributed by atoms with van der Waals surface area (Å²) in [7, 11) is 0. The van der Waals surface area contributed by atoms with E-state index in [1.54, 1.807) is 0 Å². The third-order valence-electron chi connectivity index (χ3n) is 4.25. The molecule has 4 rings (SSSR count). The summed E-state index contributed by atoms with van der Waals surface area (Å²) in [4.78, 5) is 26.0. The van der Waals surface area contributed by atoms with Crippen molar-refractivity contribution in [2.24, 2.45) is 0 Å². The van der Waals surface area contributed by atoms with E-state index < -0.39 is 0 Å². The second kappa shape index (κ2) is 6.31. The maximum Gasteiger partial charge on any atom is 0.249 e. The Morgan fingerprint density at radius 1 is 0.958 bits per heavy atom. The largest absolute Gasteiger partial charge is 0.356 e. The Bertz CT molecular complexity index is 900. The lowest BCUT2D eigenvalue weighted by Gasteiger charge is -2.28. The van der Waals surface area contributed by atoms with Gasteiger partial charge in [0.15, 0.2) is 0 Å². The fourth-order valence-corrected chi connectivity index (χ4v) is 3.08. The summed E-state index contributed by atoms with van der Waals surface area (Å²) in [6.45, 7) is 1.96. The molecule has 0 radical (unpaired) electrons. The first-order valence-corrected chi connectivity index (χ1v) is 8.28. The van der Waals surface area contributed by atoms with Crippen molar-refractivity contribution in [3.8, 4) is 0 Å². The smallest absolute Gasteiger partial charge is 0.249 e. The number of anilines is 3. The Hall–Kier alpha value is -2.89. The molecular formula is C18H19N5O. The Labute approximate surface area is 139 Å². The number of nitrogens with one attached hydrogen (secondary N) is 2. The van der Waals surface area contributed by atoms with Crippen LogP contribution in [0.4, 0.5) is 17.5 Å². The van der Waals surface area contributed by atoms with E-state index >= 15 is 0 Å². The first-order valence-electron chi connectivity index (χ1n) is 8.28. The number of pyridine rings is 1. The number of para-hydroxylation sites is 1. The number of hydrogen-bond acceptors (Lipinski definition) is 5. The number of rotatable bonds is 3. The Kier molecular flexibility index (Phi) is 3.86. The zero-order valence-electron chi connectivity index (χ0n) is 13.3. The fourth-order valence-electron chi connectivity index (χ4n) is 3.08. The van der Waals surface area contributed by atoms with E-state index in [0.717, 1.165) is 42.8 Å². The number of aromatic amines is 1. The monoisotopic (exact) mass is 321 g/mol. The number of H-pyrrole nitrogens is 1. The lowest BCUT2D eigenvalue weighted by atomic mass is 10.1. The van der Waals surface area contributed by atoms with Crippen molar-refractivity contribution >= 4 is 28.5 Å². The van der Waals surface area contributed by atoms with Gasteiger partial charge in [0.2, 0.25) is 11.5 Å². The molecule has 122 valence electrons. The van der Waals surface area contributed by atoms with Gasteiger partial charge in [0.25, 0.3) is 0 Å². The van der Waals surface area contributed by atoms with Crippen LogP contribution in [0.3, 0.4) is 0 Å². The van der Waals surface area contributed by atoms with E-state index in [-0.39, 0.29) is 5.56 Å². The first-order chi connectivity index (χ1) is 11.8. The molecule has 2 aromatic heterocycles. The molecule has 6 heteroatoms. The van der Waals surface area contributed by atoms with Crippen LogP contribution in [-0.2, 0) is 0 Å². The normalized spacial score (nSPS) is 14.8. The zero-order chi connectivity index (χ0) is 16.4. The molecule has 0 bridgehead atoms. The molecule has 3 heterocycles. The standard InChI is InChI=1S/C18H19N5O/c24-15-10-9-14-16(20-15)21-18(19-13-7-3-1-4-8-13)22-17(14)23-11-5-2-6-12-23/h1,3-4,7-10H,2,5-6,11-12H2,(H2,19,20,21,22,24). The Balaban J connectivity index is 1.81. The maximum absolute atomic E-state index is 11.7. The van der Waals surface area contributed by atoms with Crippen LogP contribution in [0.15, 0.2) is 47.3 Å². The molecule has 0 amide bonds. The molecule has 0 atom stereocenters. The van der Waals surface area contributed by atoms with Crippen molar-refractivity contribution in [3.63, 3.8) is 0 Å². The lowest BCUT2D eigenvalue weighted by molar-refractivity contribution is 0.575. The number of aromatic nitrogens is 3. The van der Waals surface area contributed by atoms with E-state index in [1.807, 2.05) is 36.4 Å². The number of fused-ring (bicyclic) bond motifs is 1. The molecule has 0 unspecified atom stereocenters. The van der Waals surface area contributed by atoms with Gasteiger partial charge in [-0.05, 0) is 37.5 Å². The summed E-state index contributed by atoms with van der Waals surface area (Å²) in [6, 6.07) is 13.1. The maximum atomic E-state index is 11.7. The zero-order valence-corrected chi connectivity index (χ0v) is 13.3. The molecule has 2 N–H and O–H groups in total. The average molecular weight is 321 g/mol. The summed E-state index contributed by atoms with van der Waals surface area (Å²) in [5.74, 6) is 1.38. The molecule has 24 heavy (non-hydrogen) atoms. The fraction of sp³-hybridized carbons (Fsp3) is 0.278. The van der Waals surface area contributed by atoms with Gasteiger partial charge in [0.05, 0.1) is 5.39 Å². The van der Waals surface area contributed by atoms with Gasteiger partial charge in [-0.3, -0.25) is 4.79 Å². The predicted molar refractivity (Wildman–Crippen MR) is 95.9 cm³/mol. The molecule has 1 aliphatic heterocycles. The Morgan fingerprint density at radius 2 is 1.75 bits per heavy atom. The average Bonchev–Trinajstić information content (AvgIpc) is 2.62. The van der Waals surface area contributed by atoms with Crippen molar-refractivity contribution < 1.29 is 0 Å². The number of benzene rings is 1. The van der Waals surface area contributed by atoms with E-state index in [0.29, 0.717) is 11.6 Å². The first kappa shape index (κ1) is 14.7. The summed E-state index contributed by atoms with van der Waals surface area (Å²) in [5.41, 5.74) is 1.33. The SMILES string of the molecule is O=c1ccc2c(N3CCCCC3)nc(Nc3ccccc3)nc2[nH]1. The molecule has 3 aromatic rings. The number of nitrogens with zero attached hydrogens (tertiary/aromatic N) is 3. The van der Waals surface area contributed by atoms with Crippen molar-refractivity contribution in [1.29, 1.82) is 0 Å². The molecule has 0 saturated carbocycles. The summed E-state index contributed by atoms with van der Waals surface area (Å²) >= 11 is 0. The van der Waals surface area contributed by atoms with Gasteiger partial charge in [-0.1, -0.05) is 18.2 Å². The minimum Gasteiger partial charge on any atom is -0.356 e. The van der Waals surface area contributed by atoms with Crippen molar-refractivity contribution in [2.45, 2.75) is 19.3 Å². The van der Waals surface area contributed by atoms with Gasteiger partial charge in [-0.25, -0.2) is 0 Å². The summed E-state index contributed by atoms with van der Waals surface area (Å²) < 4.78 is 0. The highest BCUT2D eigenvalue weighted by atomic mass is 16.1. The third kappa shape index (κ3) is 2.95. The van der Waals surface area contributed by atoms with Crippen LogP contribution in [0.1, 0.15) is 19.3 Å². The number of hydrogen-bond donors (Lipinski definition) is 2. The summed E-state index contributed by atoms with van der Waals surface area (Å²) in [6.07, 6.45) is 3.58. The molecule has 0 aliphatic carbocycles. The second-order valence-electron chi connectivity index (χ2n) is 5.99. The van der Waals surface area contributed by atoms with Gasteiger partial charge in [0.1, 0.15) is 11.5 Å². The van der Waals surface area contributed by atoms with Crippen molar-refractivity contribution in [1.82, 2.24) is 15.0 Å². The van der Waals surface area contributed by atoms with Gasteiger partial charge in [0, 0.05) is 24.8 Å². The van der Waals surface area contributed by atoms with Gasteiger partial charge >= 0.3 is 0 Å². The second-order valence-corrected chi connectivity index (χ2v) is 5.99. The topological polar surface area (TPSA) is 73.9 Å². The molecule has 1 fully saturated rings. The van der Waals surface area contributed by atoms with E-state index in [1.165, 1.54) is 12.5 Å².